The number of hydrogen-bond donors (Lipinski definition) is 0. The van der Waals surface area contributed by atoms with E-state index in [0.29, 0.717) is 5.56 Å². The van der Waals surface area contributed by atoms with Crippen molar-refractivity contribution in [1.82, 2.24) is 4.98 Å². The molecule has 0 atom stereocenters. The molecule has 0 aliphatic rings. The maximum absolute atomic E-state index is 12.2. The zero-order chi connectivity index (χ0) is 15.4. The number of Topliss-reactive ketones (excluding diaryl/α,β-unsaturated/α-hetero) is 1. The maximum atomic E-state index is 12.2. The minimum absolute atomic E-state index is 0. The van der Waals surface area contributed by atoms with Crippen LogP contribution in [0.1, 0.15) is 10.4 Å². The highest BCUT2D eigenvalue weighted by Gasteiger charge is 2.11. The van der Waals surface area contributed by atoms with E-state index < -0.39 is 0 Å². The first-order valence-electron chi connectivity index (χ1n) is 6.92. The lowest BCUT2D eigenvalue weighted by molar-refractivity contribution is -0.686. The Morgan fingerprint density at radius 3 is 2.30 bits per heavy atom. The average Bonchev–Trinajstić information content (AvgIpc) is 2.57. The van der Waals surface area contributed by atoms with Gasteiger partial charge in [-0.25, -0.2) is 4.57 Å². The Morgan fingerprint density at radius 1 is 1.00 bits per heavy atom. The molecule has 2 aromatic carbocycles. The molecule has 23 heavy (non-hydrogen) atoms. The van der Waals surface area contributed by atoms with E-state index in [9.17, 15) is 4.79 Å². The second kappa shape index (κ2) is 8.13. The number of benzene rings is 2. The van der Waals surface area contributed by atoms with Crippen molar-refractivity contribution in [2.45, 2.75) is 6.54 Å². The number of carbonyl (C=O) groups excluding carboxylic acids is 1. The number of hydrogen-bond acceptors (Lipinski definition) is 2. The predicted molar refractivity (Wildman–Crippen MR) is 98.7 cm³/mol. The minimum atomic E-state index is 0. The lowest BCUT2D eigenvalue weighted by Gasteiger charge is -2.01. The van der Waals surface area contributed by atoms with Crippen LogP contribution in [0, 0.1) is 0 Å². The van der Waals surface area contributed by atoms with Gasteiger partial charge >= 0.3 is 0 Å². The van der Waals surface area contributed by atoms with Crippen LogP contribution in [0.25, 0.3) is 11.3 Å². The first kappa shape index (κ1) is 17.5. The predicted octanol–water partition coefficient (Wildman–Crippen LogP) is 4.26. The summed E-state index contributed by atoms with van der Waals surface area (Å²) in [6.45, 7) is 0.281. The second-order valence-electron chi connectivity index (χ2n) is 4.91. The molecule has 0 radical (unpaired) electrons. The number of aromatic nitrogens is 2. The smallest absolute Gasteiger partial charge is 0.287 e. The van der Waals surface area contributed by atoms with Gasteiger partial charge in [-0.3, -0.25) is 4.79 Å². The zero-order valence-corrected chi connectivity index (χ0v) is 15.5. The molecule has 3 aromatic rings. The Kier molecular flexibility index (Phi) is 6.19. The minimum Gasteiger partial charge on any atom is -0.290 e. The lowest BCUT2D eigenvalue weighted by Crippen LogP contribution is -2.37. The fourth-order valence-electron chi connectivity index (χ4n) is 2.15. The second-order valence-corrected chi connectivity index (χ2v) is 5.83. The Bertz CT molecular complexity index is 772. The van der Waals surface area contributed by atoms with Crippen LogP contribution in [-0.4, -0.2) is 10.8 Å². The van der Waals surface area contributed by atoms with Gasteiger partial charge in [-0.1, -0.05) is 58.4 Å². The molecule has 0 aliphatic heterocycles. The van der Waals surface area contributed by atoms with Crippen LogP contribution >= 0.6 is 32.9 Å². The van der Waals surface area contributed by atoms with Crippen molar-refractivity contribution in [2.24, 2.45) is 0 Å². The standard InChI is InChI=1S/C18H14BrN2O.BrH/c19-16-8-6-15(7-9-16)18(22)12-21-11-10-17(20-13-21)14-4-2-1-3-5-14;/h1-11,13H,12H2;1H/q+1;. The van der Waals surface area contributed by atoms with Crippen molar-refractivity contribution in [3.05, 3.63) is 83.2 Å². The SMILES string of the molecule is Br.O=C(C[n+]1ccc(-c2ccccc2)nc1)c1ccc(Br)cc1. The van der Waals surface area contributed by atoms with Gasteiger partial charge in [0.2, 0.25) is 5.78 Å². The summed E-state index contributed by atoms with van der Waals surface area (Å²) in [6, 6.07) is 19.3. The summed E-state index contributed by atoms with van der Waals surface area (Å²) >= 11 is 3.37. The molecule has 0 N–H and O–H groups in total. The van der Waals surface area contributed by atoms with Gasteiger partial charge in [0.25, 0.3) is 6.33 Å². The van der Waals surface area contributed by atoms with Gasteiger partial charge in [0.15, 0.2) is 12.2 Å². The van der Waals surface area contributed by atoms with E-state index in [1.54, 1.807) is 10.9 Å². The van der Waals surface area contributed by atoms with Gasteiger partial charge in [-0.05, 0) is 17.1 Å². The summed E-state index contributed by atoms with van der Waals surface area (Å²) in [5, 5.41) is 0. The molecule has 3 rings (SSSR count). The third kappa shape index (κ3) is 4.56. The zero-order valence-electron chi connectivity index (χ0n) is 12.2. The largest absolute Gasteiger partial charge is 0.290 e. The van der Waals surface area contributed by atoms with Crippen molar-refractivity contribution in [1.29, 1.82) is 0 Å². The summed E-state index contributed by atoms with van der Waals surface area (Å²) in [7, 11) is 0. The van der Waals surface area contributed by atoms with E-state index >= 15 is 0 Å². The van der Waals surface area contributed by atoms with E-state index in [1.807, 2.05) is 66.9 Å². The lowest BCUT2D eigenvalue weighted by atomic mass is 10.1. The third-order valence-electron chi connectivity index (χ3n) is 3.33. The van der Waals surface area contributed by atoms with E-state index in [-0.39, 0.29) is 29.3 Å². The maximum Gasteiger partial charge on any atom is 0.287 e. The number of halogens is 2. The summed E-state index contributed by atoms with van der Waals surface area (Å²) in [6.07, 6.45) is 3.57. The molecule has 0 unspecified atom stereocenters. The van der Waals surface area contributed by atoms with Gasteiger partial charge in [0.1, 0.15) is 0 Å². The molecule has 0 bridgehead atoms. The molecule has 5 heteroatoms. The van der Waals surface area contributed by atoms with Crippen molar-refractivity contribution in [3.8, 4) is 11.3 Å². The Morgan fingerprint density at radius 2 is 1.70 bits per heavy atom. The van der Waals surface area contributed by atoms with Crippen LogP contribution in [0.3, 0.4) is 0 Å². The molecule has 0 fully saturated rings. The summed E-state index contributed by atoms with van der Waals surface area (Å²) in [5.41, 5.74) is 2.66. The molecule has 1 aromatic heterocycles. The topological polar surface area (TPSA) is 33.8 Å². The molecule has 0 aliphatic carbocycles. The van der Waals surface area contributed by atoms with Gasteiger partial charge in [-0.2, -0.15) is 0 Å². The van der Waals surface area contributed by atoms with E-state index in [2.05, 4.69) is 20.9 Å². The monoisotopic (exact) mass is 433 g/mol. The van der Waals surface area contributed by atoms with Crippen molar-refractivity contribution in [2.75, 3.05) is 0 Å². The highest BCUT2D eigenvalue weighted by atomic mass is 79.9. The van der Waals surface area contributed by atoms with Gasteiger partial charge < -0.3 is 0 Å². The normalized spacial score (nSPS) is 9.96. The van der Waals surface area contributed by atoms with Crippen LogP contribution < -0.4 is 4.57 Å². The van der Waals surface area contributed by atoms with Crippen LogP contribution in [0.5, 0.6) is 0 Å². The Hall–Kier alpha value is -1.85. The molecular formula is C18H15Br2N2O+. The molecule has 0 saturated carbocycles. The van der Waals surface area contributed by atoms with Crippen molar-refractivity contribution in [3.63, 3.8) is 0 Å². The van der Waals surface area contributed by atoms with E-state index in [1.165, 1.54) is 0 Å². The van der Waals surface area contributed by atoms with Crippen molar-refractivity contribution >= 4 is 38.7 Å². The summed E-state index contributed by atoms with van der Waals surface area (Å²) in [4.78, 5) is 16.6. The molecule has 0 saturated heterocycles. The third-order valence-corrected chi connectivity index (χ3v) is 3.86. The van der Waals surface area contributed by atoms with Crippen LogP contribution in [0.2, 0.25) is 0 Å². The molecule has 116 valence electrons. The van der Waals surface area contributed by atoms with E-state index in [4.69, 9.17) is 0 Å². The number of ketones is 1. The fourth-order valence-corrected chi connectivity index (χ4v) is 2.41. The molecule has 3 nitrogen and oxygen atoms in total. The molecule has 1 heterocycles. The number of rotatable bonds is 4. The number of nitrogens with zero attached hydrogens (tertiary/aromatic N) is 2. The fraction of sp³-hybridized carbons (Fsp3) is 0.0556. The first-order valence-corrected chi connectivity index (χ1v) is 7.71. The van der Waals surface area contributed by atoms with Crippen LogP contribution in [-0.2, 0) is 6.54 Å². The van der Waals surface area contributed by atoms with Crippen molar-refractivity contribution < 1.29 is 9.36 Å². The van der Waals surface area contributed by atoms with Crippen LogP contribution in [0.4, 0.5) is 0 Å². The highest BCUT2D eigenvalue weighted by molar-refractivity contribution is 9.10. The van der Waals surface area contributed by atoms with Gasteiger partial charge in [-0.15, -0.1) is 17.0 Å². The molecular weight excluding hydrogens is 420 g/mol. The first-order chi connectivity index (χ1) is 10.7. The number of carbonyl (C=O) groups is 1. The van der Waals surface area contributed by atoms with Crippen LogP contribution in [0.15, 0.2) is 77.7 Å². The highest BCUT2D eigenvalue weighted by Crippen LogP contribution is 2.14. The Balaban J connectivity index is 0.00000192. The molecule has 0 spiro atoms. The molecule has 0 amide bonds. The van der Waals surface area contributed by atoms with E-state index in [0.717, 1.165) is 15.7 Å². The average molecular weight is 435 g/mol. The van der Waals surface area contributed by atoms with Gasteiger partial charge in [0.05, 0.1) is 6.20 Å². The Labute approximate surface area is 153 Å². The quantitative estimate of drug-likeness (QED) is 0.454. The summed E-state index contributed by atoms with van der Waals surface area (Å²) in [5.74, 6) is 0.0618. The van der Waals surface area contributed by atoms with Gasteiger partial charge in [0, 0.05) is 21.7 Å². The summed E-state index contributed by atoms with van der Waals surface area (Å²) < 4.78 is 2.75.